The Balaban J connectivity index is 1.63. The minimum atomic E-state index is -4.77. The molecule has 0 unspecified atom stereocenters. The lowest BCUT2D eigenvalue weighted by molar-refractivity contribution is -0.274. The lowest BCUT2D eigenvalue weighted by atomic mass is 10.1. The van der Waals surface area contributed by atoms with Gasteiger partial charge in [-0.3, -0.25) is 10.1 Å². The van der Waals surface area contributed by atoms with Gasteiger partial charge >= 0.3 is 6.36 Å². The average Bonchev–Trinajstić information content (AvgIpc) is 3.29. The van der Waals surface area contributed by atoms with Gasteiger partial charge in [-0.05, 0) is 43.7 Å². The van der Waals surface area contributed by atoms with Crippen LogP contribution in [0.3, 0.4) is 0 Å². The summed E-state index contributed by atoms with van der Waals surface area (Å²) in [4.78, 5) is 24.3. The number of nitrogens with one attached hydrogen (secondary N) is 2. The molecule has 0 aliphatic rings. The number of imidazole rings is 2. The Labute approximate surface area is 181 Å². The molecule has 2 aromatic carbocycles. The number of rotatable bonds is 8. The first-order valence-corrected chi connectivity index (χ1v) is 10.3. The van der Waals surface area contributed by atoms with Crippen LogP contribution in [0.2, 0.25) is 0 Å². The molecule has 0 aliphatic carbocycles. The van der Waals surface area contributed by atoms with Gasteiger partial charge in [0.25, 0.3) is 0 Å². The number of aromatic nitrogens is 4. The van der Waals surface area contributed by atoms with E-state index in [0.717, 1.165) is 18.4 Å². The Kier molecular flexibility index (Phi) is 5.77. The number of Topliss-reactive ketones (excluding diaryl/α,β-unsaturated/α-hetero) is 1. The molecule has 10 heteroatoms. The molecule has 4 rings (SSSR count). The molecule has 2 aromatic heterocycles. The highest BCUT2D eigenvalue weighted by atomic mass is 19.4. The van der Waals surface area contributed by atoms with Gasteiger partial charge in [0.05, 0.1) is 22.1 Å². The summed E-state index contributed by atoms with van der Waals surface area (Å²) in [7, 11) is 0. The first-order chi connectivity index (χ1) is 15.3. The van der Waals surface area contributed by atoms with Gasteiger partial charge in [0.2, 0.25) is 11.9 Å². The van der Waals surface area contributed by atoms with E-state index in [0.29, 0.717) is 47.0 Å². The van der Waals surface area contributed by atoms with E-state index in [1.165, 1.54) is 18.2 Å². The lowest BCUT2D eigenvalue weighted by Gasteiger charge is -2.07. The van der Waals surface area contributed by atoms with Gasteiger partial charge in [-0.25, -0.2) is 9.97 Å². The zero-order valence-electron chi connectivity index (χ0n) is 17.6. The number of carbonyl (C=O) groups excluding carboxylic acids is 1. The number of anilines is 2. The fourth-order valence-electron chi connectivity index (χ4n) is 3.55. The number of benzene rings is 2. The van der Waals surface area contributed by atoms with E-state index in [-0.39, 0.29) is 11.5 Å². The first kappa shape index (κ1) is 21.7. The van der Waals surface area contributed by atoms with Crippen molar-refractivity contribution in [3.8, 4) is 5.75 Å². The van der Waals surface area contributed by atoms with Crippen molar-refractivity contribution in [3.05, 3.63) is 42.0 Å². The summed E-state index contributed by atoms with van der Waals surface area (Å²) < 4.78 is 43.3. The van der Waals surface area contributed by atoms with Crippen LogP contribution in [-0.2, 0) is 6.54 Å². The summed E-state index contributed by atoms with van der Waals surface area (Å²) in [6.45, 7) is 4.62. The molecular formula is C22H22F3N5O2. The molecule has 0 aliphatic heterocycles. The van der Waals surface area contributed by atoms with Gasteiger partial charge < -0.3 is 14.3 Å². The predicted octanol–water partition coefficient (Wildman–Crippen LogP) is 5.95. The normalized spacial score (nSPS) is 11.9. The zero-order valence-corrected chi connectivity index (χ0v) is 17.6. The van der Waals surface area contributed by atoms with Crippen LogP contribution in [0.4, 0.5) is 25.1 Å². The Bertz CT molecular complexity index is 1280. The number of alkyl halides is 3. The number of carbonyl (C=O) groups is 1. The number of hydrogen-bond acceptors (Lipinski definition) is 5. The van der Waals surface area contributed by atoms with Crippen LogP contribution in [0.1, 0.15) is 43.5 Å². The quantitative estimate of drug-likeness (QED) is 0.328. The SMILES string of the molecule is CCCCC(=O)c1ccc2c(c1)nc(Nc1nc3ccc(OC(F)(F)F)cc3[nH]1)n2CC. The monoisotopic (exact) mass is 445 g/mol. The zero-order chi connectivity index (χ0) is 22.9. The van der Waals surface area contributed by atoms with Crippen molar-refractivity contribution in [2.75, 3.05) is 5.32 Å². The molecule has 0 amide bonds. The van der Waals surface area contributed by atoms with Crippen LogP contribution in [0.15, 0.2) is 36.4 Å². The lowest BCUT2D eigenvalue weighted by Crippen LogP contribution is -2.16. The molecule has 0 saturated carbocycles. The minimum absolute atomic E-state index is 0.0865. The number of aryl methyl sites for hydroxylation is 1. The summed E-state index contributed by atoms with van der Waals surface area (Å²) in [5.41, 5.74) is 3.02. The van der Waals surface area contributed by atoms with Gasteiger partial charge in [0.1, 0.15) is 5.75 Å². The fourth-order valence-corrected chi connectivity index (χ4v) is 3.55. The van der Waals surface area contributed by atoms with E-state index in [4.69, 9.17) is 0 Å². The number of ether oxygens (including phenoxy) is 1. The molecule has 0 fully saturated rings. The number of fused-ring (bicyclic) bond motifs is 2. The van der Waals surface area contributed by atoms with Crippen LogP contribution >= 0.6 is 0 Å². The molecule has 0 radical (unpaired) electrons. The molecule has 2 heterocycles. The van der Waals surface area contributed by atoms with Gasteiger partial charge in [0, 0.05) is 24.6 Å². The number of hydrogen-bond donors (Lipinski definition) is 2. The van der Waals surface area contributed by atoms with E-state index in [2.05, 4.69) is 25.0 Å². The Morgan fingerprint density at radius 2 is 1.94 bits per heavy atom. The number of nitrogens with zero attached hydrogens (tertiary/aromatic N) is 3. The second-order valence-corrected chi connectivity index (χ2v) is 7.35. The van der Waals surface area contributed by atoms with Gasteiger partial charge in [-0.15, -0.1) is 13.2 Å². The molecule has 4 aromatic rings. The maximum atomic E-state index is 12.5. The fraction of sp³-hybridized carbons (Fsp3) is 0.318. The van der Waals surface area contributed by atoms with Crippen molar-refractivity contribution >= 4 is 39.7 Å². The Morgan fingerprint density at radius 3 is 2.66 bits per heavy atom. The van der Waals surface area contributed by atoms with Gasteiger partial charge in [-0.2, -0.15) is 0 Å². The summed E-state index contributed by atoms with van der Waals surface area (Å²) in [6.07, 6.45) is -2.47. The van der Waals surface area contributed by atoms with Crippen molar-refractivity contribution in [3.63, 3.8) is 0 Å². The van der Waals surface area contributed by atoms with Crippen LogP contribution in [0, 0.1) is 0 Å². The molecular weight excluding hydrogens is 423 g/mol. The minimum Gasteiger partial charge on any atom is -0.406 e. The van der Waals surface area contributed by atoms with Crippen molar-refractivity contribution in [1.29, 1.82) is 0 Å². The third-order valence-electron chi connectivity index (χ3n) is 5.06. The Hall–Kier alpha value is -3.56. The molecule has 32 heavy (non-hydrogen) atoms. The van der Waals surface area contributed by atoms with Crippen LogP contribution in [-0.4, -0.2) is 31.7 Å². The van der Waals surface area contributed by atoms with E-state index in [9.17, 15) is 18.0 Å². The van der Waals surface area contributed by atoms with Crippen LogP contribution in [0.25, 0.3) is 22.1 Å². The number of aromatic amines is 1. The van der Waals surface area contributed by atoms with Crippen LogP contribution < -0.4 is 10.1 Å². The van der Waals surface area contributed by atoms with E-state index in [1.807, 2.05) is 24.5 Å². The van der Waals surface area contributed by atoms with Crippen molar-refractivity contribution in [2.24, 2.45) is 0 Å². The number of H-pyrrole nitrogens is 1. The highest BCUT2D eigenvalue weighted by molar-refractivity contribution is 5.99. The second-order valence-electron chi connectivity index (χ2n) is 7.35. The molecule has 0 bridgehead atoms. The third kappa shape index (κ3) is 4.53. The maximum Gasteiger partial charge on any atom is 0.573 e. The highest BCUT2D eigenvalue weighted by Gasteiger charge is 2.31. The van der Waals surface area contributed by atoms with Crippen molar-refractivity contribution < 1.29 is 22.7 Å². The molecule has 168 valence electrons. The summed E-state index contributed by atoms with van der Waals surface area (Å²) in [5, 5.41) is 3.09. The molecule has 0 spiro atoms. The Morgan fingerprint density at radius 1 is 1.12 bits per heavy atom. The summed E-state index contributed by atoms with van der Waals surface area (Å²) >= 11 is 0. The molecule has 0 atom stereocenters. The number of ketones is 1. The molecule has 7 nitrogen and oxygen atoms in total. The average molecular weight is 445 g/mol. The van der Waals surface area contributed by atoms with Crippen molar-refractivity contribution in [2.45, 2.75) is 46.0 Å². The van der Waals surface area contributed by atoms with E-state index in [1.54, 1.807) is 12.1 Å². The van der Waals surface area contributed by atoms with Crippen LogP contribution in [0.5, 0.6) is 5.75 Å². The van der Waals surface area contributed by atoms with E-state index < -0.39 is 6.36 Å². The number of halogens is 3. The second kappa shape index (κ2) is 8.52. The standard InChI is InChI=1S/C22H22F3N5O2/c1-3-5-6-19(31)13-7-10-18-17(11-13)28-21(30(18)4-2)29-20-26-15-9-8-14(12-16(15)27-20)32-22(23,24)25/h7-12H,3-6H2,1-2H3,(H2,26,27,28,29). The van der Waals surface area contributed by atoms with Crippen molar-refractivity contribution in [1.82, 2.24) is 19.5 Å². The third-order valence-corrected chi connectivity index (χ3v) is 5.06. The topological polar surface area (TPSA) is 84.8 Å². The highest BCUT2D eigenvalue weighted by Crippen LogP contribution is 2.28. The largest absolute Gasteiger partial charge is 0.573 e. The molecule has 0 saturated heterocycles. The smallest absolute Gasteiger partial charge is 0.406 e. The number of unbranched alkanes of at least 4 members (excludes halogenated alkanes) is 1. The van der Waals surface area contributed by atoms with Gasteiger partial charge in [-0.1, -0.05) is 13.3 Å². The van der Waals surface area contributed by atoms with E-state index >= 15 is 0 Å². The van der Waals surface area contributed by atoms with Gasteiger partial charge in [0.15, 0.2) is 5.78 Å². The predicted molar refractivity (Wildman–Crippen MR) is 115 cm³/mol. The maximum absolute atomic E-state index is 12.5. The summed E-state index contributed by atoms with van der Waals surface area (Å²) in [6, 6.07) is 9.34. The molecule has 2 N–H and O–H groups in total. The first-order valence-electron chi connectivity index (χ1n) is 10.3. The summed E-state index contributed by atoms with van der Waals surface area (Å²) in [5.74, 6) is 0.588.